The number of carbonyl (C=O) groups excluding carboxylic acids is 1. The average Bonchev–Trinajstić information content (AvgIpc) is 2.71. The van der Waals surface area contributed by atoms with Crippen molar-refractivity contribution in [3.63, 3.8) is 0 Å². The molecule has 3 N–H and O–H groups in total. The van der Waals surface area contributed by atoms with Gasteiger partial charge >= 0.3 is 16.9 Å². The molecule has 0 aliphatic rings. The Balaban J connectivity index is 2.50. The van der Waals surface area contributed by atoms with Crippen LogP contribution in [0.25, 0.3) is 0 Å². The quantitative estimate of drug-likeness (QED) is 0.700. The van der Waals surface area contributed by atoms with Crippen molar-refractivity contribution >= 4 is 23.3 Å². The van der Waals surface area contributed by atoms with Gasteiger partial charge in [-0.3, -0.25) is 9.59 Å². The SMILES string of the molecule is CCCN(CC(=O)O)C(=O)NCc1csc(=O)[nH]1. The highest BCUT2D eigenvalue weighted by Gasteiger charge is 2.15. The number of H-pyrrole nitrogens is 1. The second-order valence-corrected chi connectivity index (χ2v) is 4.49. The predicted octanol–water partition coefficient (Wildman–Crippen LogP) is 0.443. The van der Waals surface area contributed by atoms with E-state index < -0.39 is 12.0 Å². The van der Waals surface area contributed by atoms with E-state index in [0.29, 0.717) is 18.7 Å². The molecule has 0 radical (unpaired) electrons. The van der Waals surface area contributed by atoms with Crippen LogP contribution in [-0.2, 0) is 11.3 Å². The Kier molecular flexibility index (Phi) is 5.37. The van der Waals surface area contributed by atoms with Crippen LogP contribution in [0, 0.1) is 0 Å². The summed E-state index contributed by atoms with van der Waals surface area (Å²) >= 11 is 1.02. The van der Waals surface area contributed by atoms with E-state index in [2.05, 4.69) is 10.3 Å². The van der Waals surface area contributed by atoms with Gasteiger partial charge in [-0.2, -0.15) is 0 Å². The summed E-state index contributed by atoms with van der Waals surface area (Å²) in [6, 6.07) is -0.453. The summed E-state index contributed by atoms with van der Waals surface area (Å²) in [6.45, 7) is 2.08. The van der Waals surface area contributed by atoms with E-state index >= 15 is 0 Å². The third kappa shape index (κ3) is 4.58. The number of amides is 2. The van der Waals surface area contributed by atoms with Crippen LogP contribution in [0.5, 0.6) is 0 Å². The molecule has 0 unspecified atom stereocenters. The fourth-order valence-electron chi connectivity index (χ4n) is 1.37. The molecule has 8 heteroatoms. The van der Waals surface area contributed by atoms with Gasteiger partial charge < -0.3 is 20.3 Å². The van der Waals surface area contributed by atoms with E-state index in [1.54, 1.807) is 5.38 Å². The number of nitrogens with one attached hydrogen (secondary N) is 2. The Hall–Kier alpha value is -1.83. The maximum atomic E-state index is 11.7. The van der Waals surface area contributed by atoms with Gasteiger partial charge in [-0.15, -0.1) is 0 Å². The summed E-state index contributed by atoms with van der Waals surface area (Å²) in [7, 11) is 0. The normalized spacial score (nSPS) is 10.1. The number of urea groups is 1. The maximum absolute atomic E-state index is 11.7. The van der Waals surface area contributed by atoms with Crippen LogP contribution in [0.3, 0.4) is 0 Å². The zero-order valence-corrected chi connectivity index (χ0v) is 10.7. The molecule has 18 heavy (non-hydrogen) atoms. The highest BCUT2D eigenvalue weighted by atomic mass is 32.1. The van der Waals surface area contributed by atoms with E-state index in [0.717, 1.165) is 11.3 Å². The Morgan fingerprint density at radius 1 is 1.56 bits per heavy atom. The lowest BCUT2D eigenvalue weighted by Crippen LogP contribution is -2.42. The maximum Gasteiger partial charge on any atom is 0.323 e. The molecule has 100 valence electrons. The molecule has 1 aromatic rings. The molecule has 0 saturated carbocycles. The fourth-order valence-corrected chi connectivity index (χ4v) is 1.95. The first-order valence-electron chi connectivity index (χ1n) is 5.44. The predicted molar refractivity (Wildman–Crippen MR) is 66.7 cm³/mol. The topological polar surface area (TPSA) is 102 Å². The largest absolute Gasteiger partial charge is 0.480 e. The lowest BCUT2D eigenvalue weighted by Gasteiger charge is -2.20. The van der Waals surface area contributed by atoms with Gasteiger partial charge in [-0.25, -0.2) is 4.79 Å². The first-order valence-corrected chi connectivity index (χ1v) is 6.32. The molecular formula is C10H15N3O4S. The van der Waals surface area contributed by atoms with E-state index in [9.17, 15) is 14.4 Å². The molecule has 0 spiro atoms. The minimum Gasteiger partial charge on any atom is -0.480 e. The van der Waals surface area contributed by atoms with Gasteiger partial charge in [0.05, 0.1) is 6.54 Å². The van der Waals surface area contributed by atoms with Crippen molar-refractivity contribution in [2.45, 2.75) is 19.9 Å². The number of carboxylic acid groups (broad SMARTS) is 1. The van der Waals surface area contributed by atoms with Gasteiger partial charge in [0.2, 0.25) is 0 Å². The van der Waals surface area contributed by atoms with Crippen molar-refractivity contribution in [2.75, 3.05) is 13.1 Å². The number of nitrogens with zero attached hydrogens (tertiary/aromatic N) is 1. The second-order valence-electron chi connectivity index (χ2n) is 3.65. The number of hydrogen-bond acceptors (Lipinski definition) is 4. The molecule has 1 aromatic heterocycles. The summed E-state index contributed by atoms with van der Waals surface area (Å²) in [5.41, 5.74) is 0.602. The number of thiazole rings is 1. The van der Waals surface area contributed by atoms with Gasteiger partial charge in [0, 0.05) is 17.6 Å². The van der Waals surface area contributed by atoms with Gasteiger partial charge in [-0.05, 0) is 6.42 Å². The van der Waals surface area contributed by atoms with Crippen LogP contribution in [0.1, 0.15) is 19.0 Å². The molecule has 0 aliphatic heterocycles. The zero-order valence-electron chi connectivity index (χ0n) is 9.93. The Bertz CT molecular complexity index is 468. The number of hydrogen-bond donors (Lipinski definition) is 3. The van der Waals surface area contributed by atoms with E-state index in [-0.39, 0.29) is 18.0 Å². The van der Waals surface area contributed by atoms with Crippen molar-refractivity contribution in [3.05, 3.63) is 20.7 Å². The molecule has 2 amide bonds. The lowest BCUT2D eigenvalue weighted by atomic mass is 10.4. The van der Waals surface area contributed by atoms with E-state index in [1.165, 1.54) is 4.90 Å². The molecule has 0 saturated heterocycles. The molecular weight excluding hydrogens is 258 g/mol. The molecule has 0 bridgehead atoms. The number of aromatic amines is 1. The minimum atomic E-state index is -1.05. The standard InChI is InChI=1S/C10H15N3O4S/c1-2-3-13(5-8(14)15)9(16)11-4-7-6-18-10(17)12-7/h6H,2-5H2,1H3,(H,11,16)(H,12,17)(H,14,15). The molecule has 0 atom stereocenters. The van der Waals surface area contributed by atoms with Crippen LogP contribution >= 0.6 is 11.3 Å². The smallest absolute Gasteiger partial charge is 0.323 e. The zero-order chi connectivity index (χ0) is 13.5. The van der Waals surface area contributed by atoms with Crippen molar-refractivity contribution in [1.82, 2.24) is 15.2 Å². The van der Waals surface area contributed by atoms with Crippen LogP contribution in [-0.4, -0.2) is 40.1 Å². The van der Waals surface area contributed by atoms with Crippen LogP contribution in [0.4, 0.5) is 4.79 Å². The highest BCUT2D eigenvalue weighted by Crippen LogP contribution is 1.97. The van der Waals surface area contributed by atoms with Crippen molar-refractivity contribution in [1.29, 1.82) is 0 Å². The number of aromatic nitrogens is 1. The third-order valence-corrected chi connectivity index (χ3v) is 2.83. The van der Waals surface area contributed by atoms with Crippen LogP contribution in [0.15, 0.2) is 10.2 Å². The summed E-state index contributed by atoms with van der Waals surface area (Å²) in [5, 5.41) is 12.9. The average molecular weight is 273 g/mol. The summed E-state index contributed by atoms with van der Waals surface area (Å²) in [4.78, 5) is 36.8. The number of carboxylic acids is 1. The third-order valence-electron chi connectivity index (χ3n) is 2.11. The summed E-state index contributed by atoms with van der Waals surface area (Å²) < 4.78 is 0. The summed E-state index contributed by atoms with van der Waals surface area (Å²) in [5.74, 6) is -1.05. The number of aliphatic carboxylic acids is 1. The van der Waals surface area contributed by atoms with Crippen molar-refractivity contribution < 1.29 is 14.7 Å². The molecule has 0 fully saturated rings. The second kappa shape index (κ2) is 6.80. The number of rotatable bonds is 6. The van der Waals surface area contributed by atoms with E-state index in [1.807, 2.05) is 6.92 Å². The van der Waals surface area contributed by atoms with Gasteiger partial charge in [-0.1, -0.05) is 18.3 Å². The molecule has 1 rings (SSSR count). The Morgan fingerprint density at radius 2 is 2.28 bits per heavy atom. The fraction of sp³-hybridized carbons (Fsp3) is 0.500. The molecule has 7 nitrogen and oxygen atoms in total. The minimum absolute atomic E-state index is 0.178. The molecule has 0 aliphatic carbocycles. The van der Waals surface area contributed by atoms with Crippen LogP contribution in [0.2, 0.25) is 0 Å². The Morgan fingerprint density at radius 3 is 2.78 bits per heavy atom. The number of carbonyl (C=O) groups is 2. The first-order chi connectivity index (χ1) is 8.52. The van der Waals surface area contributed by atoms with E-state index in [4.69, 9.17) is 5.11 Å². The van der Waals surface area contributed by atoms with Gasteiger partial charge in [0.1, 0.15) is 6.54 Å². The highest BCUT2D eigenvalue weighted by molar-refractivity contribution is 7.07. The molecule has 0 aromatic carbocycles. The van der Waals surface area contributed by atoms with Gasteiger partial charge in [0.15, 0.2) is 0 Å². The Labute approximate surface area is 107 Å². The van der Waals surface area contributed by atoms with Crippen molar-refractivity contribution in [2.24, 2.45) is 0 Å². The van der Waals surface area contributed by atoms with Gasteiger partial charge in [0.25, 0.3) is 0 Å². The summed E-state index contributed by atoms with van der Waals surface area (Å²) in [6.07, 6.45) is 0.677. The first kappa shape index (κ1) is 14.2. The lowest BCUT2D eigenvalue weighted by molar-refractivity contribution is -0.137. The van der Waals surface area contributed by atoms with Crippen molar-refractivity contribution in [3.8, 4) is 0 Å². The monoisotopic (exact) mass is 273 g/mol. The molecule has 1 heterocycles. The van der Waals surface area contributed by atoms with Crippen LogP contribution < -0.4 is 10.2 Å².